The third-order valence-corrected chi connectivity index (χ3v) is 7.17. The van der Waals surface area contributed by atoms with Gasteiger partial charge in [0.05, 0.1) is 38.8 Å². The number of nitrogens with one attached hydrogen (secondary N) is 2. The Labute approximate surface area is 231 Å². The van der Waals surface area contributed by atoms with E-state index < -0.39 is 6.10 Å². The van der Waals surface area contributed by atoms with Crippen molar-refractivity contribution in [3.63, 3.8) is 0 Å². The summed E-state index contributed by atoms with van der Waals surface area (Å²) < 4.78 is 11.8. The highest BCUT2D eigenvalue weighted by molar-refractivity contribution is 5.91. The van der Waals surface area contributed by atoms with Crippen LogP contribution in [0.15, 0.2) is 18.2 Å². The van der Waals surface area contributed by atoms with Gasteiger partial charge in [0.1, 0.15) is 11.9 Å². The Hall–Kier alpha value is -2.89. The summed E-state index contributed by atoms with van der Waals surface area (Å²) in [6.45, 7) is 11.8. The second kappa shape index (κ2) is 14.5. The quantitative estimate of drug-likeness (QED) is 0.429. The fourth-order valence-electron chi connectivity index (χ4n) is 4.74. The lowest BCUT2D eigenvalue weighted by Gasteiger charge is -2.34. The van der Waals surface area contributed by atoms with Crippen LogP contribution in [0.4, 0.5) is 10.5 Å². The Bertz CT molecular complexity index is 983. The Morgan fingerprint density at radius 1 is 1.21 bits per heavy atom. The molecule has 3 N–H and O–H groups in total. The smallest absolute Gasteiger partial charge is 0.317 e. The van der Waals surface area contributed by atoms with Gasteiger partial charge in [-0.2, -0.15) is 0 Å². The van der Waals surface area contributed by atoms with Crippen molar-refractivity contribution >= 4 is 23.5 Å². The third-order valence-electron chi connectivity index (χ3n) is 7.17. The second-order valence-corrected chi connectivity index (χ2v) is 10.9. The molecule has 0 saturated carbocycles. The van der Waals surface area contributed by atoms with E-state index in [4.69, 9.17) is 9.47 Å². The van der Waals surface area contributed by atoms with E-state index in [1.165, 1.54) is 0 Å². The molecule has 4 amide bonds. The molecule has 0 spiro atoms. The molecule has 2 heterocycles. The molecule has 1 aromatic carbocycles. The van der Waals surface area contributed by atoms with Gasteiger partial charge in [0.25, 0.3) is 0 Å². The van der Waals surface area contributed by atoms with Gasteiger partial charge in [0, 0.05) is 62.9 Å². The lowest BCUT2D eigenvalue weighted by molar-refractivity contribution is -0.134. The Balaban J connectivity index is 1.79. The minimum absolute atomic E-state index is 0.000527. The summed E-state index contributed by atoms with van der Waals surface area (Å²) in [7, 11) is 1.72. The van der Waals surface area contributed by atoms with Crippen LogP contribution in [0, 0.1) is 5.92 Å². The average Bonchev–Trinajstić information content (AvgIpc) is 2.94. The molecule has 0 aliphatic carbocycles. The van der Waals surface area contributed by atoms with Crippen LogP contribution in [0.1, 0.15) is 39.7 Å². The molecule has 0 radical (unpaired) electrons. The number of aliphatic hydroxyl groups is 1. The van der Waals surface area contributed by atoms with Crippen molar-refractivity contribution in [1.29, 1.82) is 0 Å². The monoisotopic (exact) mass is 547 g/mol. The molecule has 0 aromatic heterocycles. The molecular formula is C28H45N5O6. The zero-order valence-electron chi connectivity index (χ0n) is 23.9. The number of carbonyl (C=O) groups is 3. The Kier molecular flexibility index (Phi) is 11.4. The van der Waals surface area contributed by atoms with Crippen molar-refractivity contribution in [2.75, 3.05) is 64.9 Å². The minimum atomic E-state index is -0.403. The number of ether oxygens (including phenoxy) is 2. The van der Waals surface area contributed by atoms with Crippen LogP contribution in [0.25, 0.3) is 0 Å². The van der Waals surface area contributed by atoms with Crippen LogP contribution in [0.3, 0.4) is 0 Å². The number of morpholine rings is 1. The summed E-state index contributed by atoms with van der Waals surface area (Å²) in [4.78, 5) is 44.1. The first-order chi connectivity index (χ1) is 18.6. The molecule has 0 unspecified atom stereocenters. The van der Waals surface area contributed by atoms with Crippen LogP contribution in [-0.2, 0) is 20.7 Å². The van der Waals surface area contributed by atoms with E-state index in [-0.39, 0.29) is 48.9 Å². The number of carbonyl (C=O) groups excluding carboxylic acids is 3. The maximum Gasteiger partial charge on any atom is 0.317 e. The van der Waals surface area contributed by atoms with Gasteiger partial charge in [-0.1, -0.05) is 6.92 Å². The SMILES string of the molecule is CC(C)NC(=O)N(C)C[C@@H]1Oc2ccc(NC(=O)CCN3CCOCC3)cc2CC(=O)N([C@@H](C)CO)C[C@@H]1C. The first-order valence-electron chi connectivity index (χ1n) is 13.9. The number of urea groups is 1. The lowest BCUT2D eigenvalue weighted by atomic mass is 10.0. The van der Waals surface area contributed by atoms with Crippen molar-refractivity contribution in [2.45, 2.75) is 58.7 Å². The van der Waals surface area contributed by atoms with Crippen molar-refractivity contribution < 1.29 is 29.0 Å². The molecular weight excluding hydrogens is 502 g/mol. The van der Waals surface area contributed by atoms with E-state index in [9.17, 15) is 19.5 Å². The molecule has 0 bridgehead atoms. The molecule has 2 aliphatic heterocycles. The zero-order chi connectivity index (χ0) is 28.5. The number of aliphatic hydroxyl groups excluding tert-OH is 1. The number of fused-ring (bicyclic) bond motifs is 1. The van der Waals surface area contributed by atoms with Crippen molar-refractivity contribution in [2.24, 2.45) is 5.92 Å². The molecule has 1 fully saturated rings. The second-order valence-electron chi connectivity index (χ2n) is 10.9. The third kappa shape index (κ3) is 9.08. The number of hydrogen-bond acceptors (Lipinski definition) is 7. The van der Waals surface area contributed by atoms with Gasteiger partial charge in [-0.25, -0.2) is 4.79 Å². The maximum atomic E-state index is 13.4. The predicted octanol–water partition coefficient (Wildman–Crippen LogP) is 1.55. The van der Waals surface area contributed by atoms with Gasteiger partial charge < -0.3 is 35.0 Å². The normalized spacial score (nSPS) is 21.2. The van der Waals surface area contributed by atoms with Crippen LogP contribution in [-0.4, -0.2) is 115 Å². The van der Waals surface area contributed by atoms with E-state index in [2.05, 4.69) is 15.5 Å². The number of benzene rings is 1. The van der Waals surface area contributed by atoms with Gasteiger partial charge in [0.2, 0.25) is 11.8 Å². The van der Waals surface area contributed by atoms with E-state index >= 15 is 0 Å². The molecule has 1 aromatic rings. The molecule has 2 aliphatic rings. The maximum absolute atomic E-state index is 13.4. The van der Waals surface area contributed by atoms with E-state index in [1.807, 2.05) is 27.7 Å². The summed E-state index contributed by atoms with van der Waals surface area (Å²) >= 11 is 0. The molecule has 218 valence electrons. The first-order valence-corrected chi connectivity index (χ1v) is 13.9. The summed E-state index contributed by atoms with van der Waals surface area (Å²) in [6.07, 6.45) is 0.0267. The predicted molar refractivity (Wildman–Crippen MR) is 149 cm³/mol. The van der Waals surface area contributed by atoms with Crippen LogP contribution >= 0.6 is 0 Å². The topological polar surface area (TPSA) is 124 Å². The number of nitrogens with zero attached hydrogens (tertiary/aromatic N) is 3. The summed E-state index contributed by atoms with van der Waals surface area (Å²) in [5.74, 6) is 0.192. The van der Waals surface area contributed by atoms with Gasteiger partial charge in [-0.3, -0.25) is 14.5 Å². The molecule has 11 nitrogen and oxygen atoms in total. The summed E-state index contributed by atoms with van der Waals surface area (Å²) in [6, 6.07) is 4.77. The van der Waals surface area contributed by atoms with Crippen LogP contribution < -0.4 is 15.4 Å². The Morgan fingerprint density at radius 2 is 1.92 bits per heavy atom. The number of amides is 4. The number of rotatable bonds is 9. The minimum Gasteiger partial charge on any atom is -0.488 e. The van der Waals surface area contributed by atoms with E-state index in [0.29, 0.717) is 56.3 Å². The fraction of sp³-hybridized carbons (Fsp3) is 0.679. The highest BCUT2D eigenvalue weighted by Crippen LogP contribution is 2.29. The van der Waals surface area contributed by atoms with Gasteiger partial charge in [-0.05, 0) is 39.0 Å². The highest BCUT2D eigenvalue weighted by Gasteiger charge is 2.32. The average molecular weight is 548 g/mol. The van der Waals surface area contributed by atoms with Crippen molar-refractivity contribution in [3.05, 3.63) is 23.8 Å². The summed E-state index contributed by atoms with van der Waals surface area (Å²) in [5, 5.41) is 15.7. The fourth-order valence-corrected chi connectivity index (χ4v) is 4.74. The van der Waals surface area contributed by atoms with Crippen LogP contribution in [0.2, 0.25) is 0 Å². The first kappa shape index (κ1) is 30.6. The molecule has 3 rings (SSSR count). The van der Waals surface area contributed by atoms with Crippen LogP contribution in [0.5, 0.6) is 5.75 Å². The largest absolute Gasteiger partial charge is 0.488 e. The lowest BCUT2D eigenvalue weighted by Crippen LogP contribution is -2.49. The zero-order valence-corrected chi connectivity index (χ0v) is 23.9. The highest BCUT2D eigenvalue weighted by atomic mass is 16.5. The molecule has 11 heteroatoms. The number of likely N-dealkylation sites (N-methyl/N-ethyl adjacent to an activating group) is 1. The van der Waals surface area contributed by atoms with E-state index in [0.717, 1.165) is 13.1 Å². The van der Waals surface area contributed by atoms with Gasteiger partial charge >= 0.3 is 6.03 Å². The van der Waals surface area contributed by atoms with Crippen molar-refractivity contribution in [3.8, 4) is 5.75 Å². The van der Waals surface area contributed by atoms with Gasteiger partial charge in [0.15, 0.2) is 0 Å². The van der Waals surface area contributed by atoms with Crippen molar-refractivity contribution in [1.82, 2.24) is 20.0 Å². The van der Waals surface area contributed by atoms with E-state index in [1.54, 1.807) is 35.0 Å². The molecule has 39 heavy (non-hydrogen) atoms. The molecule has 1 saturated heterocycles. The molecule has 3 atom stereocenters. The standard InChI is InChI=1S/C28H45N5O6/c1-19(2)29-28(37)31(5)17-25-20(3)16-33(21(4)18-34)27(36)15-22-14-23(6-7-24(22)39-25)30-26(35)8-9-32-10-12-38-13-11-32/h6-7,14,19-21,25,34H,8-13,15-18H2,1-5H3,(H,29,37)(H,30,35)/t20-,21-,25-/m0/s1. The number of anilines is 1. The van der Waals surface area contributed by atoms with Gasteiger partial charge in [-0.15, -0.1) is 0 Å². The summed E-state index contributed by atoms with van der Waals surface area (Å²) in [5.41, 5.74) is 1.24. The Morgan fingerprint density at radius 3 is 2.59 bits per heavy atom. The number of hydrogen-bond donors (Lipinski definition) is 3.